The van der Waals surface area contributed by atoms with E-state index in [1.54, 1.807) is 18.2 Å². The maximum absolute atomic E-state index is 12.4. The summed E-state index contributed by atoms with van der Waals surface area (Å²) >= 11 is 3.31. The first-order valence-electron chi connectivity index (χ1n) is 8.23. The number of fused-ring (bicyclic) bond motifs is 1. The molecule has 0 spiro atoms. The summed E-state index contributed by atoms with van der Waals surface area (Å²) in [6, 6.07) is 12.2. The highest BCUT2D eigenvalue weighted by Crippen LogP contribution is 2.26. The Balaban J connectivity index is 1.48. The lowest BCUT2D eigenvalue weighted by Crippen LogP contribution is -2.35. The lowest BCUT2D eigenvalue weighted by Gasteiger charge is -2.14. The van der Waals surface area contributed by atoms with Gasteiger partial charge in [0.05, 0.1) is 11.1 Å². The van der Waals surface area contributed by atoms with Crippen molar-refractivity contribution in [1.29, 1.82) is 0 Å². The van der Waals surface area contributed by atoms with Crippen LogP contribution in [0.1, 0.15) is 32.7 Å². The molecular weight excluding hydrogens is 398 g/mol. The molecule has 1 heterocycles. The highest BCUT2D eigenvalue weighted by atomic mass is 79.9. The number of amides is 4. The second-order valence-electron chi connectivity index (χ2n) is 6.00. The van der Waals surface area contributed by atoms with Gasteiger partial charge < -0.3 is 10.6 Å². The SMILES string of the molecule is Cc1ccccc1NC(=O)NCCCN1C(=O)c2ccc(Br)cc2C1=O. The fraction of sp³-hybridized carbons (Fsp3) is 0.211. The van der Waals surface area contributed by atoms with Gasteiger partial charge in [-0.2, -0.15) is 0 Å². The van der Waals surface area contributed by atoms with E-state index in [0.29, 0.717) is 24.1 Å². The highest BCUT2D eigenvalue weighted by Gasteiger charge is 2.34. The van der Waals surface area contributed by atoms with Crippen molar-refractivity contribution in [2.24, 2.45) is 0 Å². The summed E-state index contributed by atoms with van der Waals surface area (Å²) in [5, 5.41) is 5.51. The third-order valence-electron chi connectivity index (χ3n) is 4.17. The summed E-state index contributed by atoms with van der Waals surface area (Å²) in [4.78, 5) is 37.8. The van der Waals surface area contributed by atoms with Crippen molar-refractivity contribution in [3.05, 3.63) is 63.6 Å². The predicted octanol–water partition coefficient (Wildman–Crippen LogP) is 3.57. The summed E-state index contributed by atoms with van der Waals surface area (Å²) < 4.78 is 0.758. The summed E-state index contributed by atoms with van der Waals surface area (Å²) in [6.07, 6.45) is 0.480. The van der Waals surface area contributed by atoms with Crippen molar-refractivity contribution >= 4 is 39.5 Å². The largest absolute Gasteiger partial charge is 0.338 e. The van der Waals surface area contributed by atoms with Gasteiger partial charge in [0.1, 0.15) is 0 Å². The molecule has 3 rings (SSSR count). The smallest absolute Gasteiger partial charge is 0.319 e. The molecule has 134 valence electrons. The molecule has 7 heteroatoms. The van der Waals surface area contributed by atoms with Crippen LogP contribution in [-0.2, 0) is 0 Å². The van der Waals surface area contributed by atoms with Gasteiger partial charge in [0.25, 0.3) is 11.8 Å². The topological polar surface area (TPSA) is 78.5 Å². The highest BCUT2D eigenvalue weighted by molar-refractivity contribution is 9.10. The average Bonchev–Trinajstić information content (AvgIpc) is 2.84. The third kappa shape index (κ3) is 3.77. The zero-order valence-corrected chi connectivity index (χ0v) is 15.8. The fourth-order valence-corrected chi connectivity index (χ4v) is 3.15. The molecular formula is C19H18BrN3O3. The molecule has 2 aromatic carbocycles. The summed E-state index contributed by atoms with van der Waals surface area (Å²) in [5.74, 6) is -0.586. The Morgan fingerprint density at radius 3 is 2.58 bits per heavy atom. The second-order valence-corrected chi connectivity index (χ2v) is 6.92. The van der Waals surface area contributed by atoms with E-state index in [-0.39, 0.29) is 24.4 Å². The monoisotopic (exact) mass is 415 g/mol. The van der Waals surface area contributed by atoms with Crippen molar-refractivity contribution in [3.63, 3.8) is 0 Å². The minimum atomic E-state index is -0.314. The standard InChI is InChI=1S/C19H18BrN3O3/c1-12-5-2-3-6-16(12)22-19(26)21-9-4-10-23-17(24)14-8-7-13(20)11-15(14)18(23)25/h2-3,5-8,11H,4,9-10H2,1H3,(H2,21,22,26). The molecule has 6 nitrogen and oxygen atoms in total. The molecule has 0 saturated carbocycles. The number of hydrogen-bond acceptors (Lipinski definition) is 3. The van der Waals surface area contributed by atoms with Crippen molar-refractivity contribution in [2.75, 3.05) is 18.4 Å². The number of benzene rings is 2. The number of carbonyl (C=O) groups excluding carboxylic acids is 3. The number of imide groups is 1. The zero-order chi connectivity index (χ0) is 18.7. The quantitative estimate of drug-likeness (QED) is 0.578. The van der Waals surface area contributed by atoms with E-state index >= 15 is 0 Å². The van der Waals surface area contributed by atoms with E-state index in [1.807, 2.05) is 31.2 Å². The van der Waals surface area contributed by atoms with Crippen molar-refractivity contribution < 1.29 is 14.4 Å². The molecule has 0 aliphatic carbocycles. The van der Waals surface area contributed by atoms with Crippen molar-refractivity contribution in [2.45, 2.75) is 13.3 Å². The average molecular weight is 416 g/mol. The minimum absolute atomic E-state index is 0.259. The third-order valence-corrected chi connectivity index (χ3v) is 4.66. The Morgan fingerprint density at radius 2 is 1.81 bits per heavy atom. The number of carbonyl (C=O) groups is 3. The Bertz CT molecular complexity index is 882. The van der Waals surface area contributed by atoms with Gasteiger partial charge in [-0.1, -0.05) is 34.1 Å². The Hall–Kier alpha value is -2.67. The molecule has 1 aliphatic heterocycles. The van der Waals surface area contributed by atoms with Gasteiger partial charge in [-0.15, -0.1) is 0 Å². The molecule has 0 unspecified atom stereocenters. The first-order chi connectivity index (χ1) is 12.5. The van der Waals surface area contributed by atoms with E-state index in [0.717, 1.165) is 15.7 Å². The molecule has 4 amide bonds. The second kappa shape index (κ2) is 7.70. The number of para-hydroxylation sites is 1. The van der Waals surface area contributed by atoms with Crippen LogP contribution in [0.25, 0.3) is 0 Å². The van der Waals surface area contributed by atoms with Gasteiger partial charge in [-0.3, -0.25) is 14.5 Å². The number of nitrogens with zero attached hydrogens (tertiary/aromatic N) is 1. The van der Waals surface area contributed by atoms with Gasteiger partial charge in [0.2, 0.25) is 0 Å². The molecule has 0 bridgehead atoms. The zero-order valence-electron chi connectivity index (χ0n) is 14.2. The Kier molecular flexibility index (Phi) is 5.37. The molecule has 0 fully saturated rings. The Morgan fingerprint density at radius 1 is 1.08 bits per heavy atom. The molecule has 2 N–H and O–H groups in total. The van der Waals surface area contributed by atoms with E-state index in [9.17, 15) is 14.4 Å². The first kappa shape index (κ1) is 18.1. The van der Waals surface area contributed by atoms with Crippen LogP contribution >= 0.6 is 15.9 Å². The maximum Gasteiger partial charge on any atom is 0.319 e. The maximum atomic E-state index is 12.4. The minimum Gasteiger partial charge on any atom is -0.338 e. The van der Waals surface area contributed by atoms with Crippen LogP contribution in [0.2, 0.25) is 0 Å². The van der Waals surface area contributed by atoms with Crippen molar-refractivity contribution in [3.8, 4) is 0 Å². The van der Waals surface area contributed by atoms with Gasteiger partial charge in [0, 0.05) is 23.2 Å². The van der Waals surface area contributed by atoms with Gasteiger partial charge >= 0.3 is 6.03 Å². The van der Waals surface area contributed by atoms with Gasteiger partial charge in [0.15, 0.2) is 0 Å². The van der Waals surface area contributed by atoms with E-state index < -0.39 is 0 Å². The molecule has 0 aromatic heterocycles. The van der Waals surface area contributed by atoms with E-state index in [1.165, 1.54) is 4.90 Å². The van der Waals surface area contributed by atoms with Crippen LogP contribution in [0.15, 0.2) is 46.9 Å². The van der Waals surface area contributed by atoms with Crippen LogP contribution < -0.4 is 10.6 Å². The number of aryl methyl sites for hydroxylation is 1. The Labute approximate surface area is 159 Å². The van der Waals surface area contributed by atoms with Crippen LogP contribution in [0.4, 0.5) is 10.5 Å². The molecule has 0 atom stereocenters. The van der Waals surface area contributed by atoms with Crippen LogP contribution in [0.5, 0.6) is 0 Å². The molecule has 26 heavy (non-hydrogen) atoms. The van der Waals surface area contributed by atoms with Crippen LogP contribution in [0, 0.1) is 6.92 Å². The molecule has 2 aromatic rings. The predicted molar refractivity (Wildman–Crippen MR) is 102 cm³/mol. The first-order valence-corrected chi connectivity index (χ1v) is 9.03. The molecule has 0 radical (unpaired) electrons. The number of halogens is 1. The normalized spacial score (nSPS) is 12.9. The number of anilines is 1. The number of urea groups is 1. The number of rotatable bonds is 5. The van der Waals surface area contributed by atoms with E-state index in [2.05, 4.69) is 26.6 Å². The summed E-state index contributed by atoms with van der Waals surface area (Å²) in [7, 11) is 0. The lowest BCUT2D eigenvalue weighted by atomic mass is 10.1. The number of hydrogen-bond donors (Lipinski definition) is 2. The molecule has 0 saturated heterocycles. The summed E-state index contributed by atoms with van der Waals surface area (Å²) in [6.45, 7) is 2.53. The van der Waals surface area contributed by atoms with Crippen LogP contribution in [0.3, 0.4) is 0 Å². The lowest BCUT2D eigenvalue weighted by molar-refractivity contribution is 0.0653. The van der Waals surface area contributed by atoms with Crippen LogP contribution in [-0.4, -0.2) is 35.8 Å². The molecule has 1 aliphatic rings. The van der Waals surface area contributed by atoms with E-state index in [4.69, 9.17) is 0 Å². The van der Waals surface area contributed by atoms with Crippen molar-refractivity contribution in [1.82, 2.24) is 10.2 Å². The van der Waals surface area contributed by atoms with Gasteiger partial charge in [-0.05, 0) is 43.2 Å². The number of nitrogens with one attached hydrogen (secondary N) is 2. The fourth-order valence-electron chi connectivity index (χ4n) is 2.78. The van der Waals surface area contributed by atoms with Gasteiger partial charge in [-0.25, -0.2) is 4.79 Å². The summed E-state index contributed by atoms with van der Waals surface area (Å²) in [5.41, 5.74) is 2.55.